The summed E-state index contributed by atoms with van der Waals surface area (Å²) in [6.45, 7) is 8.11. The van der Waals surface area contributed by atoms with Gasteiger partial charge in [-0.05, 0) is 30.9 Å². The number of carbonyl (C=O) groups excluding carboxylic acids is 1. The summed E-state index contributed by atoms with van der Waals surface area (Å²) in [4.78, 5) is 12.3. The molecule has 2 rings (SSSR count). The number of ether oxygens (including phenoxy) is 1. The van der Waals surface area contributed by atoms with Gasteiger partial charge in [-0.1, -0.05) is 62.1 Å². The van der Waals surface area contributed by atoms with E-state index in [9.17, 15) is 4.79 Å². The second-order valence-electron chi connectivity index (χ2n) is 5.79. The van der Waals surface area contributed by atoms with Gasteiger partial charge in [0.25, 0.3) is 5.91 Å². The standard InChI is InChI=1S/C17H23N3O2S2/c1-5-13-8-6-7-9-14(13)22-12(4)15(21)18-16-19-20-17(24-16)23-10-11(2)3/h6-9,11-12H,5,10H2,1-4H3,(H,18,19,21)/t12-/m1/s1. The van der Waals surface area contributed by atoms with Crippen LogP contribution in [-0.2, 0) is 11.2 Å². The number of amides is 1. The van der Waals surface area contributed by atoms with Gasteiger partial charge >= 0.3 is 0 Å². The van der Waals surface area contributed by atoms with E-state index in [1.165, 1.54) is 11.3 Å². The zero-order valence-electron chi connectivity index (χ0n) is 14.4. The highest BCUT2D eigenvalue weighted by Crippen LogP contribution is 2.27. The number of para-hydroxylation sites is 1. The lowest BCUT2D eigenvalue weighted by atomic mass is 10.1. The number of aryl methyl sites for hydroxylation is 1. The van der Waals surface area contributed by atoms with Crippen molar-refractivity contribution in [3.05, 3.63) is 29.8 Å². The molecule has 5 nitrogen and oxygen atoms in total. The summed E-state index contributed by atoms with van der Waals surface area (Å²) in [5, 5.41) is 11.4. The molecule has 1 atom stereocenters. The third kappa shape index (κ3) is 5.49. The van der Waals surface area contributed by atoms with Crippen molar-refractivity contribution in [1.82, 2.24) is 10.2 Å². The predicted octanol–water partition coefficient (Wildman–Crippen LogP) is 4.25. The molecule has 1 aromatic heterocycles. The Morgan fingerprint density at radius 3 is 2.75 bits per heavy atom. The van der Waals surface area contributed by atoms with Gasteiger partial charge in [-0.25, -0.2) is 0 Å². The fourth-order valence-corrected chi connectivity index (χ4v) is 3.65. The van der Waals surface area contributed by atoms with E-state index in [1.54, 1.807) is 18.7 Å². The first-order valence-corrected chi connectivity index (χ1v) is 9.81. The Bertz CT molecular complexity index is 673. The smallest absolute Gasteiger partial charge is 0.266 e. The Labute approximate surface area is 151 Å². The summed E-state index contributed by atoms with van der Waals surface area (Å²) in [6, 6.07) is 7.76. The van der Waals surface area contributed by atoms with Crippen molar-refractivity contribution in [2.24, 2.45) is 5.92 Å². The predicted molar refractivity (Wildman–Crippen MR) is 100 cm³/mol. The molecule has 0 spiro atoms. The molecule has 1 heterocycles. The number of nitrogens with one attached hydrogen (secondary N) is 1. The number of hydrogen-bond donors (Lipinski definition) is 1. The molecule has 0 fully saturated rings. The molecule has 7 heteroatoms. The van der Waals surface area contributed by atoms with E-state index < -0.39 is 6.10 Å². The number of hydrogen-bond acceptors (Lipinski definition) is 6. The van der Waals surface area contributed by atoms with Crippen molar-refractivity contribution >= 4 is 34.1 Å². The molecule has 0 saturated heterocycles. The normalized spacial score (nSPS) is 12.2. The molecule has 0 saturated carbocycles. The number of benzene rings is 1. The molecular weight excluding hydrogens is 342 g/mol. The Morgan fingerprint density at radius 1 is 1.29 bits per heavy atom. The summed E-state index contributed by atoms with van der Waals surface area (Å²) < 4.78 is 6.66. The van der Waals surface area contributed by atoms with Gasteiger partial charge in [0.2, 0.25) is 5.13 Å². The van der Waals surface area contributed by atoms with E-state index in [4.69, 9.17) is 4.74 Å². The van der Waals surface area contributed by atoms with Crippen molar-refractivity contribution in [2.75, 3.05) is 11.1 Å². The second-order valence-corrected chi connectivity index (χ2v) is 8.03. The van der Waals surface area contributed by atoms with Crippen LogP contribution in [0.2, 0.25) is 0 Å². The number of carbonyl (C=O) groups is 1. The molecule has 0 aliphatic carbocycles. The van der Waals surface area contributed by atoms with E-state index in [0.29, 0.717) is 11.0 Å². The third-order valence-electron chi connectivity index (χ3n) is 3.20. The van der Waals surface area contributed by atoms with Gasteiger partial charge in [0.05, 0.1) is 0 Å². The second kappa shape index (κ2) is 9.03. The van der Waals surface area contributed by atoms with E-state index in [1.807, 2.05) is 24.3 Å². The number of anilines is 1. The lowest BCUT2D eigenvalue weighted by molar-refractivity contribution is -0.122. The van der Waals surface area contributed by atoms with Crippen LogP contribution in [0, 0.1) is 5.92 Å². The molecule has 1 aromatic carbocycles. The maximum absolute atomic E-state index is 12.3. The van der Waals surface area contributed by atoms with Crippen LogP contribution in [-0.4, -0.2) is 28.0 Å². The summed E-state index contributed by atoms with van der Waals surface area (Å²) in [5.41, 5.74) is 1.08. The molecule has 0 radical (unpaired) electrons. The minimum absolute atomic E-state index is 0.225. The van der Waals surface area contributed by atoms with Gasteiger partial charge < -0.3 is 4.74 Å². The van der Waals surface area contributed by atoms with Crippen molar-refractivity contribution in [3.8, 4) is 5.75 Å². The van der Waals surface area contributed by atoms with Gasteiger partial charge in [0.1, 0.15) is 5.75 Å². The summed E-state index contributed by atoms with van der Waals surface area (Å²) in [5.74, 6) is 2.09. The first-order chi connectivity index (χ1) is 11.5. The van der Waals surface area contributed by atoms with Crippen LogP contribution in [0.15, 0.2) is 28.6 Å². The van der Waals surface area contributed by atoms with Gasteiger partial charge in [-0.3, -0.25) is 10.1 Å². The zero-order chi connectivity index (χ0) is 17.5. The van der Waals surface area contributed by atoms with Crippen LogP contribution in [0.25, 0.3) is 0 Å². The van der Waals surface area contributed by atoms with Crippen molar-refractivity contribution < 1.29 is 9.53 Å². The Kier molecular flexibility index (Phi) is 7.05. The number of rotatable bonds is 8. The lowest BCUT2D eigenvalue weighted by Gasteiger charge is -2.15. The van der Waals surface area contributed by atoms with E-state index in [-0.39, 0.29) is 5.91 Å². The molecule has 1 N–H and O–H groups in total. The average molecular weight is 366 g/mol. The molecule has 0 aliphatic rings. The third-order valence-corrected chi connectivity index (χ3v) is 5.60. The van der Waals surface area contributed by atoms with Gasteiger partial charge in [0.15, 0.2) is 10.4 Å². The van der Waals surface area contributed by atoms with Gasteiger partial charge in [-0.2, -0.15) is 0 Å². The molecule has 24 heavy (non-hydrogen) atoms. The molecule has 1 amide bonds. The quantitative estimate of drug-likeness (QED) is 0.559. The Balaban J connectivity index is 1.92. The van der Waals surface area contributed by atoms with Crippen LogP contribution >= 0.6 is 23.1 Å². The molecule has 0 unspecified atom stereocenters. The molecular formula is C17H23N3O2S2. The number of nitrogens with zero attached hydrogens (tertiary/aromatic N) is 2. The summed E-state index contributed by atoms with van der Waals surface area (Å²) in [7, 11) is 0. The maximum Gasteiger partial charge on any atom is 0.266 e. The van der Waals surface area contributed by atoms with Crippen molar-refractivity contribution in [2.45, 2.75) is 44.6 Å². The van der Waals surface area contributed by atoms with E-state index in [0.717, 1.165) is 27.8 Å². The number of aromatic nitrogens is 2. The zero-order valence-corrected chi connectivity index (χ0v) is 16.0. The monoisotopic (exact) mass is 365 g/mol. The molecule has 130 valence electrons. The van der Waals surface area contributed by atoms with Crippen molar-refractivity contribution in [1.29, 1.82) is 0 Å². The highest BCUT2D eigenvalue weighted by atomic mass is 32.2. The van der Waals surface area contributed by atoms with Gasteiger partial charge in [0, 0.05) is 5.75 Å². The lowest BCUT2D eigenvalue weighted by Crippen LogP contribution is -2.30. The number of thioether (sulfide) groups is 1. The van der Waals surface area contributed by atoms with Crippen LogP contribution in [0.1, 0.15) is 33.3 Å². The van der Waals surface area contributed by atoms with Gasteiger partial charge in [-0.15, -0.1) is 10.2 Å². The fourth-order valence-electron chi connectivity index (χ4n) is 1.92. The summed E-state index contributed by atoms with van der Waals surface area (Å²) >= 11 is 3.04. The molecule has 0 aliphatic heterocycles. The summed E-state index contributed by atoms with van der Waals surface area (Å²) in [6.07, 6.45) is 0.255. The van der Waals surface area contributed by atoms with Crippen molar-refractivity contribution in [3.63, 3.8) is 0 Å². The topological polar surface area (TPSA) is 64.1 Å². The highest BCUT2D eigenvalue weighted by molar-refractivity contribution is 8.01. The molecule has 0 bridgehead atoms. The van der Waals surface area contributed by atoms with E-state index >= 15 is 0 Å². The molecule has 2 aromatic rings. The average Bonchev–Trinajstić information content (AvgIpc) is 3.00. The van der Waals surface area contributed by atoms with Crippen LogP contribution in [0.4, 0.5) is 5.13 Å². The van der Waals surface area contributed by atoms with Crippen LogP contribution < -0.4 is 10.1 Å². The minimum atomic E-state index is -0.603. The minimum Gasteiger partial charge on any atom is -0.481 e. The van der Waals surface area contributed by atoms with E-state index in [2.05, 4.69) is 36.3 Å². The van der Waals surface area contributed by atoms with Crippen LogP contribution in [0.5, 0.6) is 5.75 Å². The largest absolute Gasteiger partial charge is 0.481 e. The highest BCUT2D eigenvalue weighted by Gasteiger charge is 2.18. The maximum atomic E-state index is 12.3. The van der Waals surface area contributed by atoms with Crippen LogP contribution in [0.3, 0.4) is 0 Å². The Morgan fingerprint density at radius 2 is 2.04 bits per heavy atom. The fraction of sp³-hybridized carbons (Fsp3) is 0.471. The first kappa shape index (κ1) is 18.7. The Hall–Kier alpha value is -1.60. The first-order valence-electron chi connectivity index (χ1n) is 8.01. The SMILES string of the molecule is CCc1ccccc1O[C@H](C)C(=O)Nc1nnc(SCC(C)C)s1.